The second-order valence-electron chi connectivity index (χ2n) is 2.21. The van der Waals surface area contributed by atoms with E-state index in [4.69, 9.17) is 13.2 Å². The topological polar surface area (TPSA) is 58.9 Å². The molecule has 2 unspecified atom stereocenters. The number of ether oxygens (including phenoxy) is 1. The molecule has 0 saturated carbocycles. The summed E-state index contributed by atoms with van der Waals surface area (Å²) in [7, 11) is 6.33. The molecule has 0 aromatic heterocycles. The normalized spacial score (nSPS) is 16.3. The minimum atomic E-state index is -0.780. The molecule has 64 valence electrons. The fourth-order valence-electron chi connectivity index (χ4n) is 0.756. The lowest BCUT2D eigenvalue weighted by Gasteiger charge is -2.20. The molecule has 2 radical (unpaired) electrons. The third kappa shape index (κ3) is 4.37. The van der Waals surface area contributed by atoms with Crippen LogP contribution in [0.1, 0.15) is 6.42 Å². The first-order valence-electron chi connectivity index (χ1n) is 3.39. The monoisotopic (exact) mass is 160 g/mol. The minimum Gasteiger partial charge on any atom is -0.442 e. The summed E-state index contributed by atoms with van der Waals surface area (Å²) in [6, 6.07) is 0. The summed E-state index contributed by atoms with van der Waals surface area (Å²) in [4.78, 5) is 0. The number of hydrogen-bond donors (Lipinski definition) is 2. The zero-order valence-electron chi connectivity index (χ0n) is 6.56. The molecule has 0 aliphatic heterocycles. The Morgan fingerprint density at radius 3 is 2.55 bits per heavy atom. The highest BCUT2D eigenvalue weighted by molar-refractivity contribution is 5.98. The van der Waals surface area contributed by atoms with Crippen molar-refractivity contribution in [2.45, 2.75) is 18.6 Å². The highest BCUT2D eigenvalue weighted by Crippen LogP contribution is 2.02. The predicted molar refractivity (Wildman–Crippen MR) is 40.2 cm³/mol. The van der Waals surface area contributed by atoms with Crippen LogP contribution in [0.3, 0.4) is 0 Å². The van der Waals surface area contributed by atoms with Crippen molar-refractivity contribution in [3.05, 3.63) is 0 Å². The van der Waals surface area contributed by atoms with Gasteiger partial charge < -0.3 is 19.6 Å². The Kier molecular flexibility index (Phi) is 6.55. The standard InChI is InChI=1S/C6H13BO4/c1-10-4-5(9)6(11-7)2-3-8/h5-6,8-9H,2-4H2,1H3. The van der Waals surface area contributed by atoms with E-state index >= 15 is 0 Å². The van der Waals surface area contributed by atoms with Gasteiger partial charge in [-0.25, -0.2) is 0 Å². The van der Waals surface area contributed by atoms with Crippen LogP contribution in [-0.2, 0) is 9.39 Å². The van der Waals surface area contributed by atoms with E-state index in [1.165, 1.54) is 7.11 Å². The van der Waals surface area contributed by atoms with Crippen LogP contribution in [0.5, 0.6) is 0 Å². The molecule has 0 bridgehead atoms. The zero-order chi connectivity index (χ0) is 8.69. The second kappa shape index (κ2) is 6.60. The molecule has 0 saturated heterocycles. The minimum absolute atomic E-state index is 0.0668. The van der Waals surface area contributed by atoms with E-state index in [0.717, 1.165) is 0 Å². The van der Waals surface area contributed by atoms with Gasteiger partial charge in [-0.15, -0.1) is 0 Å². The van der Waals surface area contributed by atoms with Gasteiger partial charge in [0, 0.05) is 13.7 Å². The lowest BCUT2D eigenvalue weighted by atomic mass is 10.1. The Morgan fingerprint density at radius 2 is 2.18 bits per heavy atom. The second-order valence-corrected chi connectivity index (χ2v) is 2.21. The van der Waals surface area contributed by atoms with Crippen molar-refractivity contribution < 1.29 is 19.6 Å². The van der Waals surface area contributed by atoms with Crippen molar-refractivity contribution in [3.63, 3.8) is 0 Å². The van der Waals surface area contributed by atoms with Gasteiger partial charge in [-0.2, -0.15) is 0 Å². The van der Waals surface area contributed by atoms with E-state index in [1.807, 2.05) is 0 Å². The first-order chi connectivity index (χ1) is 5.26. The SMILES string of the molecule is [B]OC(CCO)C(O)COC. The zero-order valence-corrected chi connectivity index (χ0v) is 6.56. The van der Waals surface area contributed by atoms with Gasteiger partial charge in [-0.3, -0.25) is 0 Å². The van der Waals surface area contributed by atoms with Crippen molar-refractivity contribution in [2.75, 3.05) is 20.3 Å². The fraction of sp³-hybridized carbons (Fsp3) is 1.00. The Bertz CT molecular complexity index is 90.7. The van der Waals surface area contributed by atoms with Crippen LogP contribution in [0.2, 0.25) is 0 Å². The van der Waals surface area contributed by atoms with Gasteiger partial charge in [0.2, 0.25) is 0 Å². The largest absolute Gasteiger partial charge is 0.442 e. The highest BCUT2D eigenvalue weighted by Gasteiger charge is 2.16. The fourth-order valence-corrected chi connectivity index (χ4v) is 0.756. The van der Waals surface area contributed by atoms with E-state index < -0.39 is 12.2 Å². The van der Waals surface area contributed by atoms with Gasteiger partial charge in [0.25, 0.3) is 8.05 Å². The van der Waals surface area contributed by atoms with Crippen LogP contribution < -0.4 is 0 Å². The summed E-state index contributed by atoms with van der Waals surface area (Å²) >= 11 is 0. The van der Waals surface area contributed by atoms with E-state index in [1.54, 1.807) is 0 Å². The first-order valence-corrected chi connectivity index (χ1v) is 3.39. The van der Waals surface area contributed by atoms with Gasteiger partial charge >= 0.3 is 0 Å². The Morgan fingerprint density at radius 1 is 1.55 bits per heavy atom. The van der Waals surface area contributed by atoms with Gasteiger partial charge in [0.1, 0.15) is 6.10 Å². The molecule has 0 rings (SSSR count). The molecular formula is C6H13BO4. The van der Waals surface area contributed by atoms with Gasteiger partial charge in [0.15, 0.2) is 0 Å². The third-order valence-corrected chi connectivity index (χ3v) is 1.35. The van der Waals surface area contributed by atoms with Crippen LogP contribution in [0.15, 0.2) is 0 Å². The molecule has 0 heterocycles. The van der Waals surface area contributed by atoms with Crippen LogP contribution in [0.4, 0.5) is 0 Å². The summed E-state index contributed by atoms with van der Waals surface area (Å²) in [6.07, 6.45) is -1.03. The number of aliphatic hydroxyl groups excluding tert-OH is 2. The van der Waals surface area contributed by atoms with Crippen molar-refractivity contribution in [3.8, 4) is 0 Å². The quantitative estimate of drug-likeness (QED) is 0.481. The molecule has 2 atom stereocenters. The maximum absolute atomic E-state index is 9.20. The molecule has 0 aliphatic rings. The van der Waals surface area contributed by atoms with E-state index in [9.17, 15) is 5.11 Å². The Hall–Kier alpha value is -0.0951. The third-order valence-electron chi connectivity index (χ3n) is 1.35. The van der Waals surface area contributed by atoms with E-state index in [2.05, 4.69) is 9.39 Å². The number of methoxy groups -OCH3 is 1. The van der Waals surface area contributed by atoms with Crippen LogP contribution in [0.25, 0.3) is 0 Å². The highest BCUT2D eigenvalue weighted by atomic mass is 16.5. The summed E-state index contributed by atoms with van der Waals surface area (Å²) in [5.41, 5.74) is 0. The summed E-state index contributed by atoms with van der Waals surface area (Å²) < 4.78 is 9.08. The molecule has 0 aromatic carbocycles. The number of hydrogen-bond acceptors (Lipinski definition) is 4. The summed E-state index contributed by atoms with van der Waals surface area (Å²) in [5, 5.41) is 17.7. The number of rotatable bonds is 6. The average Bonchev–Trinajstić information content (AvgIpc) is 2.00. The molecule has 0 fully saturated rings. The van der Waals surface area contributed by atoms with Crippen molar-refractivity contribution >= 4 is 8.05 Å². The smallest absolute Gasteiger partial charge is 0.283 e. The summed E-state index contributed by atoms with van der Waals surface area (Å²) in [6.45, 7) is 0.0878. The van der Waals surface area contributed by atoms with Gasteiger partial charge in [-0.05, 0) is 6.42 Å². The molecule has 4 nitrogen and oxygen atoms in total. The van der Waals surface area contributed by atoms with Crippen molar-refractivity contribution in [1.29, 1.82) is 0 Å². The first kappa shape index (κ1) is 10.9. The molecule has 0 aliphatic carbocycles. The predicted octanol–water partition coefficient (Wildman–Crippen LogP) is -1.16. The lowest BCUT2D eigenvalue weighted by Crippen LogP contribution is -2.33. The molecule has 0 spiro atoms. The number of aliphatic hydroxyl groups is 2. The summed E-state index contributed by atoms with van der Waals surface area (Å²) in [5.74, 6) is 0. The van der Waals surface area contributed by atoms with Crippen molar-refractivity contribution in [1.82, 2.24) is 0 Å². The van der Waals surface area contributed by atoms with E-state index in [-0.39, 0.29) is 13.2 Å². The van der Waals surface area contributed by atoms with Crippen LogP contribution in [0, 0.1) is 0 Å². The van der Waals surface area contributed by atoms with Gasteiger partial charge in [0.05, 0.1) is 12.7 Å². The van der Waals surface area contributed by atoms with Crippen LogP contribution >= 0.6 is 0 Å². The molecule has 0 amide bonds. The van der Waals surface area contributed by atoms with Gasteiger partial charge in [-0.1, -0.05) is 0 Å². The maximum Gasteiger partial charge on any atom is 0.283 e. The Balaban J connectivity index is 3.61. The van der Waals surface area contributed by atoms with Crippen LogP contribution in [-0.4, -0.2) is 50.8 Å². The van der Waals surface area contributed by atoms with Crippen molar-refractivity contribution in [2.24, 2.45) is 0 Å². The molecule has 11 heavy (non-hydrogen) atoms. The maximum atomic E-state index is 9.20. The lowest BCUT2D eigenvalue weighted by molar-refractivity contribution is -0.0198. The molecule has 0 aromatic rings. The average molecular weight is 160 g/mol. The molecule has 2 N–H and O–H groups in total. The Labute approximate surface area is 67.6 Å². The molecular weight excluding hydrogens is 147 g/mol. The molecule has 5 heteroatoms. The van der Waals surface area contributed by atoms with E-state index in [0.29, 0.717) is 6.42 Å².